The number of hydrogen-bond acceptors (Lipinski definition) is 4. The second-order valence-corrected chi connectivity index (χ2v) is 5.42. The van der Waals surface area contributed by atoms with E-state index in [4.69, 9.17) is 15.2 Å². The van der Waals surface area contributed by atoms with Crippen molar-refractivity contribution in [1.82, 2.24) is 0 Å². The van der Waals surface area contributed by atoms with Crippen molar-refractivity contribution in [3.8, 4) is 11.5 Å². The van der Waals surface area contributed by atoms with Crippen molar-refractivity contribution in [1.29, 1.82) is 0 Å². The number of carbonyl (C=O) groups is 1. The minimum atomic E-state index is -0.0807. The fourth-order valence-corrected chi connectivity index (χ4v) is 2.47. The van der Waals surface area contributed by atoms with Crippen molar-refractivity contribution >= 4 is 27.4 Å². The van der Waals surface area contributed by atoms with Gasteiger partial charge in [0.15, 0.2) is 5.78 Å². The molecule has 2 N–H and O–H groups in total. The zero-order valence-electron chi connectivity index (χ0n) is 11.9. The number of ketones is 1. The number of benzene rings is 2. The van der Waals surface area contributed by atoms with E-state index >= 15 is 0 Å². The number of nitrogen functional groups attached to an aromatic ring is 1. The summed E-state index contributed by atoms with van der Waals surface area (Å²) in [6, 6.07) is 10.6. The monoisotopic (exact) mass is 349 g/mol. The van der Waals surface area contributed by atoms with Crippen molar-refractivity contribution in [3.05, 3.63) is 52.0 Å². The molecule has 0 saturated carbocycles. The van der Waals surface area contributed by atoms with Gasteiger partial charge in [0.2, 0.25) is 0 Å². The summed E-state index contributed by atoms with van der Waals surface area (Å²) in [5.74, 6) is 1.20. The molecule has 0 unspecified atom stereocenters. The quantitative estimate of drug-likeness (QED) is 0.663. The minimum Gasteiger partial charge on any atom is -0.497 e. The molecular formula is C16H16BrNO3. The fourth-order valence-electron chi connectivity index (χ4n) is 2.06. The third-order valence-electron chi connectivity index (χ3n) is 3.15. The lowest BCUT2D eigenvalue weighted by atomic mass is 10.0. The number of hydrogen-bond donors (Lipinski definition) is 1. The van der Waals surface area contributed by atoms with Gasteiger partial charge in [0.1, 0.15) is 11.5 Å². The van der Waals surface area contributed by atoms with Crippen LogP contribution in [0.15, 0.2) is 40.9 Å². The number of carbonyl (C=O) groups excluding carboxylic acids is 1. The summed E-state index contributed by atoms with van der Waals surface area (Å²) >= 11 is 3.40. The Balaban J connectivity index is 2.32. The second-order valence-electron chi connectivity index (χ2n) is 4.51. The van der Waals surface area contributed by atoms with Crippen LogP contribution in [-0.2, 0) is 6.42 Å². The van der Waals surface area contributed by atoms with Gasteiger partial charge in [-0.05, 0) is 36.4 Å². The minimum absolute atomic E-state index is 0.0807. The Labute approximate surface area is 132 Å². The summed E-state index contributed by atoms with van der Waals surface area (Å²) in [5, 5.41) is 0. The van der Waals surface area contributed by atoms with E-state index in [1.807, 2.05) is 18.2 Å². The van der Waals surface area contributed by atoms with Crippen molar-refractivity contribution in [3.63, 3.8) is 0 Å². The Hall–Kier alpha value is -2.01. The van der Waals surface area contributed by atoms with Gasteiger partial charge in [-0.15, -0.1) is 0 Å². The van der Waals surface area contributed by atoms with Gasteiger partial charge in [0.05, 0.1) is 14.2 Å². The number of methoxy groups -OCH3 is 2. The van der Waals surface area contributed by atoms with E-state index in [0.29, 0.717) is 22.7 Å². The smallest absolute Gasteiger partial charge is 0.169 e. The molecule has 2 aromatic rings. The van der Waals surface area contributed by atoms with Crippen molar-refractivity contribution in [2.45, 2.75) is 6.42 Å². The van der Waals surface area contributed by atoms with Crippen LogP contribution in [0, 0.1) is 0 Å². The third-order valence-corrected chi connectivity index (χ3v) is 3.65. The van der Waals surface area contributed by atoms with Gasteiger partial charge in [-0.3, -0.25) is 4.79 Å². The van der Waals surface area contributed by atoms with E-state index in [1.165, 1.54) is 0 Å². The Bertz CT molecular complexity index is 671. The highest BCUT2D eigenvalue weighted by atomic mass is 79.9. The molecule has 0 aliphatic carbocycles. The lowest BCUT2D eigenvalue weighted by molar-refractivity contribution is 0.0992. The number of halogens is 1. The van der Waals surface area contributed by atoms with Gasteiger partial charge < -0.3 is 15.2 Å². The van der Waals surface area contributed by atoms with E-state index in [0.717, 1.165) is 10.0 Å². The van der Waals surface area contributed by atoms with Crippen molar-refractivity contribution < 1.29 is 14.3 Å². The Morgan fingerprint density at radius 2 is 1.90 bits per heavy atom. The molecule has 0 aromatic heterocycles. The molecule has 0 saturated heterocycles. The highest BCUT2D eigenvalue weighted by molar-refractivity contribution is 9.10. The molecule has 2 aromatic carbocycles. The SMILES string of the molecule is COc1ccc(N)c(C(=O)Cc2cc(Br)ccc2OC)c1. The Kier molecular flexibility index (Phi) is 4.85. The van der Waals surface area contributed by atoms with Crippen molar-refractivity contribution in [2.24, 2.45) is 0 Å². The molecule has 0 aliphatic heterocycles. The third kappa shape index (κ3) is 3.55. The standard InChI is InChI=1S/C16H16BrNO3/c1-20-12-4-5-14(18)13(9-12)15(19)8-10-7-11(17)3-6-16(10)21-2/h3-7,9H,8,18H2,1-2H3. The summed E-state index contributed by atoms with van der Waals surface area (Å²) in [6.07, 6.45) is 0.208. The zero-order chi connectivity index (χ0) is 15.4. The first kappa shape index (κ1) is 15.4. The first-order valence-electron chi connectivity index (χ1n) is 6.34. The van der Waals surface area contributed by atoms with Crippen LogP contribution in [0.5, 0.6) is 11.5 Å². The molecule has 2 rings (SSSR count). The van der Waals surface area contributed by atoms with E-state index in [2.05, 4.69) is 15.9 Å². The fraction of sp³-hybridized carbons (Fsp3) is 0.188. The normalized spacial score (nSPS) is 10.2. The number of ether oxygens (including phenoxy) is 2. The Morgan fingerprint density at radius 3 is 2.57 bits per heavy atom. The molecular weight excluding hydrogens is 334 g/mol. The first-order valence-corrected chi connectivity index (χ1v) is 7.13. The summed E-state index contributed by atoms with van der Waals surface area (Å²) in [4.78, 5) is 12.5. The number of Topliss-reactive ketones (excluding diaryl/α,β-unsaturated/α-hetero) is 1. The van der Waals surface area contributed by atoms with Gasteiger partial charge in [0.25, 0.3) is 0 Å². The number of nitrogens with two attached hydrogens (primary N) is 1. The molecule has 0 heterocycles. The van der Waals surface area contributed by atoms with Crippen LogP contribution in [0.4, 0.5) is 5.69 Å². The summed E-state index contributed by atoms with van der Waals surface area (Å²) < 4.78 is 11.3. The molecule has 0 aliphatic rings. The molecule has 110 valence electrons. The van der Waals surface area contributed by atoms with Gasteiger partial charge in [-0.2, -0.15) is 0 Å². The molecule has 0 bridgehead atoms. The molecule has 21 heavy (non-hydrogen) atoms. The zero-order valence-corrected chi connectivity index (χ0v) is 13.4. The maximum absolute atomic E-state index is 12.5. The maximum atomic E-state index is 12.5. The van der Waals surface area contributed by atoms with Crippen LogP contribution < -0.4 is 15.2 Å². The molecule has 4 nitrogen and oxygen atoms in total. The average molecular weight is 350 g/mol. The van der Waals surface area contributed by atoms with E-state index in [1.54, 1.807) is 32.4 Å². The van der Waals surface area contributed by atoms with Crippen LogP contribution in [0.25, 0.3) is 0 Å². The molecule has 0 radical (unpaired) electrons. The predicted octanol–water partition coefficient (Wildman–Crippen LogP) is 3.47. The first-order chi connectivity index (χ1) is 10.0. The summed E-state index contributed by atoms with van der Waals surface area (Å²) in [5.41, 5.74) is 7.58. The highest BCUT2D eigenvalue weighted by Gasteiger charge is 2.15. The highest BCUT2D eigenvalue weighted by Crippen LogP contribution is 2.26. The average Bonchev–Trinajstić information content (AvgIpc) is 2.48. The summed E-state index contributed by atoms with van der Waals surface area (Å²) in [6.45, 7) is 0. The van der Waals surface area contributed by atoms with Gasteiger partial charge in [-0.25, -0.2) is 0 Å². The van der Waals surface area contributed by atoms with Crippen LogP contribution in [0.3, 0.4) is 0 Å². The van der Waals surface area contributed by atoms with E-state index < -0.39 is 0 Å². The number of anilines is 1. The second kappa shape index (κ2) is 6.63. The van der Waals surface area contributed by atoms with Crippen molar-refractivity contribution in [2.75, 3.05) is 20.0 Å². The topological polar surface area (TPSA) is 61.5 Å². The lowest BCUT2D eigenvalue weighted by Gasteiger charge is -2.10. The van der Waals surface area contributed by atoms with Crippen LogP contribution in [0.1, 0.15) is 15.9 Å². The molecule has 0 atom stereocenters. The molecule has 5 heteroatoms. The van der Waals surface area contributed by atoms with Gasteiger partial charge >= 0.3 is 0 Å². The van der Waals surface area contributed by atoms with Gasteiger partial charge in [0, 0.05) is 27.7 Å². The summed E-state index contributed by atoms with van der Waals surface area (Å²) in [7, 11) is 3.13. The van der Waals surface area contributed by atoms with Crippen LogP contribution in [-0.4, -0.2) is 20.0 Å². The number of rotatable bonds is 5. The van der Waals surface area contributed by atoms with Gasteiger partial charge in [-0.1, -0.05) is 15.9 Å². The molecule has 0 fully saturated rings. The van der Waals surface area contributed by atoms with Crippen LogP contribution >= 0.6 is 15.9 Å². The molecule has 0 amide bonds. The maximum Gasteiger partial charge on any atom is 0.169 e. The van der Waals surface area contributed by atoms with Crippen LogP contribution in [0.2, 0.25) is 0 Å². The molecule has 0 spiro atoms. The van der Waals surface area contributed by atoms with E-state index in [-0.39, 0.29) is 12.2 Å². The lowest BCUT2D eigenvalue weighted by Crippen LogP contribution is -2.08. The van der Waals surface area contributed by atoms with E-state index in [9.17, 15) is 4.79 Å². The largest absolute Gasteiger partial charge is 0.497 e. The Morgan fingerprint density at radius 1 is 1.14 bits per heavy atom. The predicted molar refractivity (Wildman–Crippen MR) is 86.1 cm³/mol.